The fourth-order valence-corrected chi connectivity index (χ4v) is 3.89. The highest BCUT2D eigenvalue weighted by molar-refractivity contribution is 7.99. The van der Waals surface area contributed by atoms with E-state index in [2.05, 4.69) is 27.8 Å². The summed E-state index contributed by atoms with van der Waals surface area (Å²) < 4.78 is 12.2. The van der Waals surface area contributed by atoms with Crippen molar-refractivity contribution < 1.29 is 19.1 Å². The van der Waals surface area contributed by atoms with Gasteiger partial charge in [0.2, 0.25) is 5.91 Å². The minimum Gasteiger partial charge on any atom is -0.497 e. The van der Waals surface area contributed by atoms with Gasteiger partial charge < -0.3 is 24.7 Å². The number of ether oxygens (including phenoxy) is 2. The summed E-state index contributed by atoms with van der Waals surface area (Å²) in [5.74, 6) is 1.90. The van der Waals surface area contributed by atoms with Gasteiger partial charge in [-0.15, -0.1) is 10.2 Å². The SMILES string of the molecule is CCCCn1c(CNC(=O)c2ccc(OC)cc2)nnc1SCC(=O)Nc1ccc(OC)cc1. The maximum absolute atomic E-state index is 12.5. The second-order valence-electron chi connectivity index (χ2n) is 7.38. The molecule has 0 aliphatic heterocycles. The zero-order valence-electron chi connectivity index (χ0n) is 19.5. The Hall–Kier alpha value is -3.53. The van der Waals surface area contributed by atoms with Gasteiger partial charge in [-0.1, -0.05) is 25.1 Å². The lowest BCUT2D eigenvalue weighted by Gasteiger charge is -2.11. The standard InChI is InChI=1S/C24H29N5O4S/c1-4-5-14-29-21(15-25-23(31)17-6-10-19(32-2)11-7-17)27-28-24(29)34-16-22(30)26-18-8-12-20(33-3)13-9-18/h6-13H,4-5,14-16H2,1-3H3,(H,25,31)(H,26,30). The van der Waals surface area contributed by atoms with Crippen LogP contribution in [0.15, 0.2) is 53.7 Å². The van der Waals surface area contributed by atoms with Crippen molar-refractivity contribution in [3.8, 4) is 11.5 Å². The molecular formula is C24H29N5O4S. The smallest absolute Gasteiger partial charge is 0.251 e. The van der Waals surface area contributed by atoms with E-state index in [1.54, 1.807) is 62.8 Å². The molecule has 0 atom stereocenters. The zero-order valence-corrected chi connectivity index (χ0v) is 20.4. The van der Waals surface area contributed by atoms with Gasteiger partial charge in [-0.3, -0.25) is 9.59 Å². The maximum Gasteiger partial charge on any atom is 0.251 e. The molecule has 0 radical (unpaired) electrons. The number of anilines is 1. The Kier molecular flexibility index (Phi) is 9.33. The van der Waals surface area contributed by atoms with E-state index in [1.165, 1.54) is 11.8 Å². The van der Waals surface area contributed by atoms with Crippen molar-refractivity contribution in [3.63, 3.8) is 0 Å². The number of aromatic nitrogens is 3. The molecule has 10 heteroatoms. The molecule has 34 heavy (non-hydrogen) atoms. The number of carbonyl (C=O) groups is 2. The van der Waals surface area contributed by atoms with E-state index < -0.39 is 0 Å². The summed E-state index contributed by atoms with van der Waals surface area (Å²) in [7, 11) is 3.17. The van der Waals surface area contributed by atoms with Gasteiger partial charge in [0.25, 0.3) is 5.91 Å². The first-order valence-corrected chi connectivity index (χ1v) is 11.9. The number of amides is 2. The molecule has 2 aromatic carbocycles. The van der Waals surface area contributed by atoms with Gasteiger partial charge in [-0.2, -0.15) is 0 Å². The van der Waals surface area contributed by atoms with E-state index in [9.17, 15) is 9.59 Å². The molecule has 0 saturated carbocycles. The number of methoxy groups -OCH3 is 2. The molecule has 1 aromatic heterocycles. The Morgan fingerprint density at radius 1 is 0.971 bits per heavy atom. The van der Waals surface area contributed by atoms with Crippen molar-refractivity contribution in [2.24, 2.45) is 0 Å². The van der Waals surface area contributed by atoms with Crippen LogP contribution in [-0.4, -0.2) is 46.6 Å². The summed E-state index contributed by atoms with van der Waals surface area (Å²) in [5.41, 5.74) is 1.23. The molecule has 9 nitrogen and oxygen atoms in total. The first kappa shape index (κ1) is 25.1. The summed E-state index contributed by atoms with van der Waals surface area (Å²) in [6, 6.07) is 14.0. The average Bonchev–Trinajstić information content (AvgIpc) is 3.26. The number of nitrogens with zero attached hydrogens (tertiary/aromatic N) is 3. The maximum atomic E-state index is 12.5. The number of nitrogens with one attached hydrogen (secondary N) is 2. The van der Waals surface area contributed by atoms with Gasteiger partial charge >= 0.3 is 0 Å². The van der Waals surface area contributed by atoms with Crippen molar-refractivity contribution in [1.82, 2.24) is 20.1 Å². The van der Waals surface area contributed by atoms with Crippen LogP contribution in [0.2, 0.25) is 0 Å². The van der Waals surface area contributed by atoms with Crippen LogP contribution >= 0.6 is 11.8 Å². The molecule has 3 aromatic rings. The highest BCUT2D eigenvalue weighted by Gasteiger charge is 2.15. The normalized spacial score (nSPS) is 10.6. The molecule has 0 aliphatic rings. The largest absolute Gasteiger partial charge is 0.497 e. The third-order valence-corrected chi connectivity index (χ3v) is 5.96. The molecule has 0 saturated heterocycles. The predicted octanol–water partition coefficient (Wildman–Crippen LogP) is 3.76. The van der Waals surface area contributed by atoms with E-state index >= 15 is 0 Å². The van der Waals surface area contributed by atoms with Crippen LogP contribution in [0.25, 0.3) is 0 Å². The number of rotatable bonds is 12. The van der Waals surface area contributed by atoms with Gasteiger partial charge in [-0.25, -0.2) is 0 Å². The van der Waals surface area contributed by atoms with Crippen LogP contribution < -0.4 is 20.1 Å². The van der Waals surface area contributed by atoms with E-state index in [0.717, 1.165) is 18.6 Å². The van der Waals surface area contributed by atoms with E-state index in [0.29, 0.717) is 34.5 Å². The van der Waals surface area contributed by atoms with Crippen molar-refractivity contribution in [1.29, 1.82) is 0 Å². The summed E-state index contributed by atoms with van der Waals surface area (Å²) in [4.78, 5) is 24.9. The summed E-state index contributed by atoms with van der Waals surface area (Å²) >= 11 is 1.31. The topological polar surface area (TPSA) is 107 Å². The van der Waals surface area contributed by atoms with E-state index in [4.69, 9.17) is 9.47 Å². The Labute approximate surface area is 203 Å². The van der Waals surface area contributed by atoms with Crippen molar-refractivity contribution in [2.75, 3.05) is 25.3 Å². The van der Waals surface area contributed by atoms with Crippen LogP contribution in [0.1, 0.15) is 35.9 Å². The molecule has 180 valence electrons. The minimum absolute atomic E-state index is 0.144. The lowest BCUT2D eigenvalue weighted by atomic mass is 10.2. The van der Waals surface area contributed by atoms with Crippen molar-refractivity contribution >= 4 is 29.3 Å². The molecule has 0 spiro atoms. The fraction of sp³-hybridized carbons (Fsp3) is 0.333. The highest BCUT2D eigenvalue weighted by atomic mass is 32.2. The van der Waals surface area contributed by atoms with Crippen LogP contribution in [-0.2, 0) is 17.9 Å². The molecule has 0 fully saturated rings. The minimum atomic E-state index is -0.208. The summed E-state index contributed by atoms with van der Waals surface area (Å²) in [6.45, 7) is 3.05. The Morgan fingerprint density at radius 3 is 2.24 bits per heavy atom. The number of hydrogen-bond acceptors (Lipinski definition) is 7. The predicted molar refractivity (Wildman–Crippen MR) is 131 cm³/mol. The average molecular weight is 484 g/mol. The lowest BCUT2D eigenvalue weighted by Crippen LogP contribution is -2.25. The van der Waals surface area contributed by atoms with Gasteiger partial charge in [0.15, 0.2) is 11.0 Å². The molecule has 3 rings (SSSR count). The van der Waals surface area contributed by atoms with Crippen LogP contribution in [0.3, 0.4) is 0 Å². The Morgan fingerprint density at radius 2 is 1.62 bits per heavy atom. The number of carbonyl (C=O) groups excluding carboxylic acids is 2. The van der Waals surface area contributed by atoms with Gasteiger partial charge in [-0.05, 0) is 55.0 Å². The quantitative estimate of drug-likeness (QED) is 0.378. The molecule has 0 unspecified atom stereocenters. The molecule has 0 aliphatic carbocycles. The number of unbranched alkanes of at least 4 members (excludes halogenated alkanes) is 1. The molecular weight excluding hydrogens is 454 g/mol. The highest BCUT2D eigenvalue weighted by Crippen LogP contribution is 2.20. The molecule has 0 bridgehead atoms. The third-order valence-electron chi connectivity index (χ3n) is 4.99. The second kappa shape index (κ2) is 12.6. The van der Waals surface area contributed by atoms with E-state index in [-0.39, 0.29) is 24.1 Å². The van der Waals surface area contributed by atoms with Gasteiger partial charge in [0, 0.05) is 17.8 Å². The van der Waals surface area contributed by atoms with Crippen LogP contribution in [0, 0.1) is 0 Å². The number of hydrogen-bond donors (Lipinski definition) is 2. The summed E-state index contributed by atoms with van der Waals surface area (Å²) in [6.07, 6.45) is 1.93. The monoisotopic (exact) mass is 483 g/mol. The number of benzene rings is 2. The Balaban J connectivity index is 1.59. The molecule has 1 heterocycles. The molecule has 2 amide bonds. The van der Waals surface area contributed by atoms with Gasteiger partial charge in [0.1, 0.15) is 11.5 Å². The van der Waals surface area contributed by atoms with Crippen LogP contribution in [0.5, 0.6) is 11.5 Å². The zero-order chi connectivity index (χ0) is 24.3. The fourth-order valence-electron chi connectivity index (χ4n) is 3.10. The van der Waals surface area contributed by atoms with Crippen LogP contribution in [0.4, 0.5) is 5.69 Å². The van der Waals surface area contributed by atoms with Crippen molar-refractivity contribution in [2.45, 2.75) is 38.0 Å². The third kappa shape index (κ3) is 6.98. The first-order valence-electron chi connectivity index (χ1n) is 10.9. The lowest BCUT2D eigenvalue weighted by molar-refractivity contribution is -0.113. The first-order chi connectivity index (χ1) is 16.5. The summed E-state index contributed by atoms with van der Waals surface area (Å²) in [5, 5.41) is 14.9. The Bertz CT molecular complexity index is 1080. The van der Waals surface area contributed by atoms with Crippen molar-refractivity contribution in [3.05, 3.63) is 59.9 Å². The van der Waals surface area contributed by atoms with E-state index in [1.807, 2.05) is 4.57 Å². The van der Waals surface area contributed by atoms with Gasteiger partial charge in [0.05, 0.1) is 26.5 Å². The molecule has 2 N–H and O–H groups in total. The second-order valence-corrected chi connectivity index (χ2v) is 8.32. The number of thioether (sulfide) groups is 1.